The second-order valence-electron chi connectivity index (χ2n) is 4.31. The third kappa shape index (κ3) is 2.36. The van der Waals surface area contributed by atoms with Crippen LogP contribution in [-0.4, -0.2) is 26.2 Å². The number of nitrogens with zero attached hydrogens (tertiary/aromatic N) is 3. The average Bonchev–Trinajstić information content (AvgIpc) is 3.09. The van der Waals surface area contributed by atoms with Crippen molar-refractivity contribution < 1.29 is 4.52 Å². The zero-order valence-electron chi connectivity index (χ0n) is 9.52. The number of aromatic amines is 1. The fraction of sp³-hybridized carbons (Fsp3) is 0.545. The Bertz CT molecular complexity index is 458. The summed E-state index contributed by atoms with van der Waals surface area (Å²) in [6.45, 7) is 0.637. The molecule has 6 nitrogen and oxygen atoms in total. The van der Waals surface area contributed by atoms with Gasteiger partial charge in [-0.2, -0.15) is 4.98 Å². The first-order valence-electron chi connectivity index (χ1n) is 5.97. The lowest BCUT2D eigenvalue weighted by Gasteiger charge is -2.08. The molecule has 0 amide bonds. The van der Waals surface area contributed by atoms with Crippen LogP contribution in [0.5, 0.6) is 0 Å². The first kappa shape index (κ1) is 10.5. The topological polar surface area (TPSA) is 79.6 Å². The molecule has 0 saturated heterocycles. The Morgan fingerprint density at radius 1 is 1.41 bits per heavy atom. The third-order valence-electron chi connectivity index (χ3n) is 3.08. The van der Waals surface area contributed by atoms with Gasteiger partial charge in [0.1, 0.15) is 0 Å². The molecule has 90 valence electrons. The van der Waals surface area contributed by atoms with E-state index in [9.17, 15) is 0 Å². The van der Waals surface area contributed by atoms with E-state index in [1.165, 1.54) is 25.7 Å². The van der Waals surface area contributed by atoms with Crippen LogP contribution in [0, 0.1) is 0 Å². The van der Waals surface area contributed by atoms with Gasteiger partial charge in [-0.15, -0.1) is 0 Å². The lowest BCUT2D eigenvalue weighted by molar-refractivity contribution is 0.357. The third-order valence-corrected chi connectivity index (χ3v) is 3.08. The van der Waals surface area contributed by atoms with Crippen molar-refractivity contribution >= 4 is 0 Å². The van der Waals surface area contributed by atoms with Crippen molar-refractivity contribution in [3.05, 3.63) is 18.3 Å². The standard InChI is InChI=1S/C11H15N5O/c1-2-4-8(3-1)14-7-9-15-11(16-17-9)10-12-5-6-13-10/h5-6,8,14H,1-4,7H2,(H,12,13). The van der Waals surface area contributed by atoms with Gasteiger partial charge >= 0.3 is 0 Å². The molecule has 2 aromatic heterocycles. The first-order chi connectivity index (χ1) is 8.42. The van der Waals surface area contributed by atoms with E-state index in [1.54, 1.807) is 12.4 Å². The molecule has 0 unspecified atom stereocenters. The molecule has 2 heterocycles. The molecule has 3 rings (SSSR count). The molecule has 0 atom stereocenters. The number of rotatable bonds is 4. The van der Waals surface area contributed by atoms with Crippen LogP contribution in [0.2, 0.25) is 0 Å². The van der Waals surface area contributed by atoms with E-state index in [-0.39, 0.29) is 0 Å². The van der Waals surface area contributed by atoms with Gasteiger partial charge in [0.2, 0.25) is 11.7 Å². The van der Waals surface area contributed by atoms with E-state index >= 15 is 0 Å². The number of nitrogens with one attached hydrogen (secondary N) is 2. The highest BCUT2D eigenvalue weighted by atomic mass is 16.5. The highest BCUT2D eigenvalue weighted by Crippen LogP contribution is 2.18. The maximum Gasteiger partial charge on any atom is 0.241 e. The van der Waals surface area contributed by atoms with Gasteiger partial charge in [0.05, 0.1) is 6.54 Å². The molecule has 2 N–H and O–H groups in total. The van der Waals surface area contributed by atoms with Gasteiger partial charge in [-0.1, -0.05) is 18.0 Å². The fourth-order valence-corrected chi connectivity index (χ4v) is 2.17. The molecule has 0 spiro atoms. The number of H-pyrrole nitrogens is 1. The van der Waals surface area contributed by atoms with Crippen molar-refractivity contribution in [2.45, 2.75) is 38.3 Å². The maximum atomic E-state index is 5.16. The number of imidazole rings is 1. The second kappa shape index (κ2) is 4.67. The smallest absolute Gasteiger partial charge is 0.241 e. The Morgan fingerprint density at radius 2 is 2.29 bits per heavy atom. The second-order valence-corrected chi connectivity index (χ2v) is 4.31. The molecule has 1 fully saturated rings. The van der Waals surface area contributed by atoms with E-state index in [2.05, 4.69) is 25.4 Å². The Kier molecular flexibility index (Phi) is 2.87. The molecule has 6 heteroatoms. The largest absolute Gasteiger partial charge is 0.342 e. The monoisotopic (exact) mass is 233 g/mol. The Morgan fingerprint density at radius 3 is 3.06 bits per heavy atom. The highest BCUT2D eigenvalue weighted by molar-refractivity contribution is 5.40. The van der Waals surface area contributed by atoms with Crippen molar-refractivity contribution in [1.29, 1.82) is 0 Å². The molecule has 1 aliphatic rings. The molecule has 2 aromatic rings. The zero-order valence-corrected chi connectivity index (χ0v) is 9.52. The van der Waals surface area contributed by atoms with Crippen LogP contribution in [0.1, 0.15) is 31.6 Å². The zero-order chi connectivity index (χ0) is 11.5. The minimum absolute atomic E-state index is 0.512. The van der Waals surface area contributed by atoms with Crippen LogP contribution < -0.4 is 5.32 Å². The first-order valence-corrected chi connectivity index (χ1v) is 5.97. The van der Waals surface area contributed by atoms with Crippen LogP contribution in [0.3, 0.4) is 0 Å². The minimum atomic E-state index is 0.512. The van der Waals surface area contributed by atoms with Crippen LogP contribution >= 0.6 is 0 Å². The molecule has 0 aromatic carbocycles. The Labute approximate surface area is 98.8 Å². The van der Waals surface area contributed by atoms with E-state index in [0.717, 1.165) is 0 Å². The lowest BCUT2D eigenvalue weighted by atomic mass is 10.2. The quantitative estimate of drug-likeness (QED) is 0.836. The number of hydrogen-bond donors (Lipinski definition) is 2. The van der Waals surface area contributed by atoms with Crippen molar-refractivity contribution in [3.8, 4) is 11.6 Å². The van der Waals surface area contributed by atoms with Crippen LogP contribution in [0.15, 0.2) is 16.9 Å². The van der Waals surface area contributed by atoms with Gasteiger partial charge in [-0.3, -0.25) is 0 Å². The number of hydrogen-bond acceptors (Lipinski definition) is 5. The van der Waals surface area contributed by atoms with Crippen LogP contribution in [-0.2, 0) is 6.54 Å². The minimum Gasteiger partial charge on any atom is -0.342 e. The van der Waals surface area contributed by atoms with E-state index < -0.39 is 0 Å². The Hall–Kier alpha value is -1.69. The summed E-state index contributed by atoms with van der Waals surface area (Å²) in [4.78, 5) is 11.3. The summed E-state index contributed by atoms with van der Waals surface area (Å²) < 4.78 is 5.16. The van der Waals surface area contributed by atoms with Crippen molar-refractivity contribution in [2.24, 2.45) is 0 Å². The number of aromatic nitrogens is 4. The lowest BCUT2D eigenvalue weighted by Crippen LogP contribution is -2.25. The van der Waals surface area contributed by atoms with E-state index in [1.807, 2.05) is 0 Å². The Balaban J connectivity index is 1.60. The van der Waals surface area contributed by atoms with Crippen LogP contribution in [0.25, 0.3) is 11.6 Å². The van der Waals surface area contributed by atoms with Gasteiger partial charge < -0.3 is 14.8 Å². The normalized spacial score (nSPS) is 16.7. The summed E-state index contributed by atoms with van der Waals surface area (Å²) in [6.07, 6.45) is 8.54. The molecule has 1 saturated carbocycles. The van der Waals surface area contributed by atoms with Crippen molar-refractivity contribution in [2.75, 3.05) is 0 Å². The van der Waals surface area contributed by atoms with Crippen molar-refractivity contribution in [3.63, 3.8) is 0 Å². The van der Waals surface area contributed by atoms with Gasteiger partial charge in [0.25, 0.3) is 0 Å². The van der Waals surface area contributed by atoms with Gasteiger partial charge in [-0.25, -0.2) is 4.98 Å². The average molecular weight is 233 g/mol. The van der Waals surface area contributed by atoms with Gasteiger partial charge in [-0.05, 0) is 12.8 Å². The summed E-state index contributed by atoms with van der Waals surface area (Å²) in [5.74, 6) is 1.77. The summed E-state index contributed by atoms with van der Waals surface area (Å²) in [6, 6.07) is 0.606. The molecular formula is C11H15N5O. The molecule has 0 bridgehead atoms. The van der Waals surface area contributed by atoms with Crippen molar-refractivity contribution in [1.82, 2.24) is 25.4 Å². The SMILES string of the molecule is c1c[nH]c(-c2noc(CNC3CCCC3)n2)n1. The van der Waals surface area contributed by atoms with Gasteiger partial charge in [0.15, 0.2) is 5.82 Å². The molecule has 1 aliphatic carbocycles. The summed E-state index contributed by atoms with van der Waals surface area (Å²) in [5, 5.41) is 7.31. The predicted molar refractivity (Wildman–Crippen MR) is 61.0 cm³/mol. The predicted octanol–water partition coefficient (Wildman–Crippen LogP) is 1.49. The fourth-order valence-electron chi connectivity index (χ4n) is 2.17. The molecule has 17 heavy (non-hydrogen) atoms. The highest BCUT2D eigenvalue weighted by Gasteiger charge is 2.16. The summed E-state index contributed by atoms with van der Waals surface area (Å²) in [7, 11) is 0. The maximum absolute atomic E-state index is 5.16. The van der Waals surface area contributed by atoms with E-state index in [0.29, 0.717) is 30.1 Å². The summed E-state index contributed by atoms with van der Waals surface area (Å²) >= 11 is 0. The molecule has 0 aliphatic heterocycles. The molecule has 0 radical (unpaired) electrons. The molecular weight excluding hydrogens is 218 g/mol. The van der Waals surface area contributed by atoms with E-state index in [4.69, 9.17) is 4.52 Å². The summed E-state index contributed by atoms with van der Waals surface area (Å²) in [5.41, 5.74) is 0. The van der Waals surface area contributed by atoms with Gasteiger partial charge in [0, 0.05) is 18.4 Å². The van der Waals surface area contributed by atoms with Crippen LogP contribution in [0.4, 0.5) is 0 Å².